The first-order chi connectivity index (χ1) is 8.74. The second-order valence-electron chi connectivity index (χ2n) is 4.66. The Bertz CT molecular complexity index is 323. The Morgan fingerprint density at radius 3 is 2.78 bits per heavy atom. The summed E-state index contributed by atoms with van der Waals surface area (Å²) in [5.74, 6) is -0.0190. The lowest BCUT2D eigenvalue weighted by Gasteiger charge is -2.09. The average Bonchev–Trinajstić information content (AvgIpc) is 2.86. The average molecular weight is 252 g/mol. The van der Waals surface area contributed by atoms with E-state index in [9.17, 15) is 4.79 Å². The van der Waals surface area contributed by atoms with Crippen LogP contribution in [0.4, 0.5) is 0 Å². The topological polar surface area (TPSA) is 44.1 Å². The molecule has 1 heterocycles. The number of nitrogens with zero attached hydrogens (tertiary/aromatic N) is 2. The molecular weight excluding hydrogens is 228 g/mol. The minimum Gasteiger partial charge on any atom is -0.466 e. The molecule has 18 heavy (non-hydrogen) atoms. The highest BCUT2D eigenvalue weighted by Crippen LogP contribution is 2.12. The van der Waals surface area contributed by atoms with Crippen LogP contribution in [0.15, 0.2) is 18.7 Å². The highest BCUT2D eigenvalue weighted by molar-refractivity contribution is 5.71. The minimum absolute atomic E-state index is 0.0404. The van der Waals surface area contributed by atoms with E-state index in [1.54, 1.807) is 6.20 Å². The van der Waals surface area contributed by atoms with E-state index >= 15 is 0 Å². The molecule has 0 N–H and O–H groups in total. The Hall–Kier alpha value is -1.32. The molecule has 1 rings (SSSR count). The van der Waals surface area contributed by atoms with Crippen LogP contribution in [-0.4, -0.2) is 22.1 Å². The van der Waals surface area contributed by atoms with Gasteiger partial charge in [0.2, 0.25) is 0 Å². The van der Waals surface area contributed by atoms with E-state index in [1.165, 1.54) is 19.3 Å². The van der Waals surface area contributed by atoms with Crippen molar-refractivity contribution in [2.45, 2.75) is 52.5 Å². The van der Waals surface area contributed by atoms with Crippen molar-refractivity contribution in [1.82, 2.24) is 9.55 Å². The Kier molecular flexibility index (Phi) is 7.14. The maximum Gasteiger partial charge on any atom is 0.308 e. The van der Waals surface area contributed by atoms with Crippen LogP contribution in [0.25, 0.3) is 0 Å². The zero-order valence-electron chi connectivity index (χ0n) is 11.5. The number of aromatic nitrogens is 2. The van der Waals surface area contributed by atoms with Crippen molar-refractivity contribution in [2.24, 2.45) is 5.92 Å². The molecule has 0 radical (unpaired) electrons. The van der Waals surface area contributed by atoms with Crippen LogP contribution in [0.3, 0.4) is 0 Å². The molecule has 1 aromatic rings. The highest BCUT2D eigenvalue weighted by Gasteiger charge is 2.12. The first-order valence-electron chi connectivity index (χ1n) is 6.86. The lowest BCUT2D eigenvalue weighted by molar-refractivity contribution is -0.147. The predicted molar refractivity (Wildman–Crippen MR) is 71.1 cm³/mol. The van der Waals surface area contributed by atoms with Crippen molar-refractivity contribution in [2.75, 3.05) is 6.61 Å². The first-order valence-corrected chi connectivity index (χ1v) is 6.86. The van der Waals surface area contributed by atoms with Gasteiger partial charge in [0.25, 0.3) is 0 Å². The molecule has 4 nitrogen and oxygen atoms in total. The molecule has 0 spiro atoms. The van der Waals surface area contributed by atoms with Gasteiger partial charge in [0, 0.05) is 18.9 Å². The van der Waals surface area contributed by atoms with Crippen LogP contribution < -0.4 is 0 Å². The number of hydrogen-bond acceptors (Lipinski definition) is 3. The third-order valence-electron chi connectivity index (χ3n) is 3.05. The summed E-state index contributed by atoms with van der Waals surface area (Å²) >= 11 is 0. The maximum atomic E-state index is 11.4. The van der Waals surface area contributed by atoms with Crippen molar-refractivity contribution in [3.63, 3.8) is 0 Å². The van der Waals surface area contributed by atoms with Gasteiger partial charge in [0.15, 0.2) is 0 Å². The van der Waals surface area contributed by atoms with Gasteiger partial charge in [-0.2, -0.15) is 0 Å². The summed E-state index contributed by atoms with van der Waals surface area (Å²) in [4.78, 5) is 15.4. The van der Waals surface area contributed by atoms with Crippen molar-refractivity contribution in [3.05, 3.63) is 18.7 Å². The second kappa shape index (κ2) is 8.72. The summed E-state index contributed by atoms with van der Waals surface area (Å²) in [6, 6.07) is 0. The molecule has 1 aromatic heterocycles. The summed E-state index contributed by atoms with van der Waals surface area (Å²) < 4.78 is 7.08. The van der Waals surface area contributed by atoms with E-state index in [-0.39, 0.29) is 11.9 Å². The number of imidazole rings is 1. The molecule has 4 heteroatoms. The van der Waals surface area contributed by atoms with Crippen LogP contribution in [0.1, 0.15) is 46.0 Å². The summed E-state index contributed by atoms with van der Waals surface area (Å²) in [5, 5.41) is 0. The Morgan fingerprint density at radius 1 is 1.33 bits per heavy atom. The number of hydrogen-bond donors (Lipinski definition) is 0. The normalized spacial score (nSPS) is 12.3. The first kappa shape index (κ1) is 14.7. The van der Waals surface area contributed by atoms with Gasteiger partial charge in [-0.3, -0.25) is 4.79 Å². The molecule has 0 aliphatic heterocycles. The van der Waals surface area contributed by atoms with Gasteiger partial charge in [0.05, 0.1) is 18.9 Å². The van der Waals surface area contributed by atoms with Crippen molar-refractivity contribution < 1.29 is 9.53 Å². The summed E-state index contributed by atoms with van der Waals surface area (Å²) in [5.41, 5.74) is 0. The zero-order chi connectivity index (χ0) is 13.2. The highest BCUT2D eigenvalue weighted by atomic mass is 16.5. The van der Waals surface area contributed by atoms with E-state index in [0.29, 0.717) is 6.61 Å². The number of unbranched alkanes of at least 4 members (excludes halogenated alkanes) is 3. The van der Waals surface area contributed by atoms with Gasteiger partial charge in [-0.25, -0.2) is 4.98 Å². The quantitative estimate of drug-likeness (QED) is 0.501. The fourth-order valence-electron chi connectivity index (χ4n) is 1.92. The van der Waals surface area contributed by atoms with Gasteiger partial charge < -0.3 is 9.30 Å². The molecule has 0 aliphatic carbocycles. The monoisotopic (exact) mass is 252 g/mol. The molecule has 0 saturated heterocycles. The number of aryl methyl sites for hydroxylation is 1. The van der Waals surface area contributed by atoms with E-state index in [0.717, 1.165) is 19.4 Å². The predicted octanol–water partition coefficient (Wildman–Crippen LogP) is 3.03. The third-order valence-corrected chi connectivity index (χ3v) is 3.05. The fraction of sp³-hybridized carbons (Fsp3) is 0.714. The molecular formula is C14H24N2O2. The number of rotatable bonds is 9. The van der Waals surface area contributed by atoms with Crippen LogP contribution in [-0.2, 0) is 16.1 Å². The molecule has 0 aromatic carbocycles. The van der Waals surface area contributed by atoms with E-state index in [2.05, 4.69) is 9.55 Å². The van der Waals surface area contributed by atoms with Crippen molar-refractivity contribution in [1.29, 1.82) is 0 Å². The lowest BCUT2D eigenvalue weighted by Crippen LogP contribution is -2.14. The third kappa shape index (κ3) is 5.84. The Labute approximate surface area is 109 Å². The zero-order valence-corrected chi connectivity index (χ0v) is 11.5. The minimum atomic E-state index is -0.0593. The van der Waals surface area contributed by atoms with Gasteiger partial charge in [0.1, 0.15) is 0 Å². The van der Waals surface area contributed by atoms with Gasteiger partial charge in [-0.1, -0.05) is 26.2 Å². The number of ether oxygens (including phenoxy) is 1. The molecule has 0 fully saturated rings. The fourth-order valence-corrected chi connectivity index (χ4v) is 1.92. The lowest BCUT2D eigenvalue weighted by atomic mass is 10.0. The van der Waals surface area contributed by atoms with Crippen LogP contribution >= 0.6 is 0 Å². The molecule has 0 unspecified atom stereocenters. The van der Waals surface area contributed by atoms with E-state index < -0.39 is 0 Å². The van der Waals surface area contributed by atoms with Gasteiger partial charge >= 0.3 is 5.97 Å². The van der Waals surface area contributed by atoms with Crippen molar-refractivity contribution in [3.8, 4) is 0 Å². The summed E-state index contributed by atoms with van der Waals surface area (Å²) in [6.45, 7) is 5.31. The van der Waals surface area contributed by atoms with E-state index in [1.807, 2.05) is 26.4 Å². The van der Waals surface area contributed by atoms with Crippen LogP contribution in [0, 0.1) is 5.92 Å². The Balaban J connectivity index is 1.96. The van der Waals surface area contributed by atoms with Gasteiger partial charge in [-0.15, -0.1) is 0 Å². The molecule has 1 atom stereocenters. The molecule has 0 bridgehead atoms. The van der Waals surface area contributed by atoms with E-state index in [4.69, 9.17) is 4.74 Å². The molecule has 0 aliphatic rings. The molecule has 0 amide bonds. The maximum absolute atomic E-state index is 11.4. The van der Waals surface area contributed by atoms with Crippen LogP contribution in [0.2, 0.25) is 0 Å². The Morgan fingerprint density at radius 2 is 2.11 bits per heavy atom. The largest absolute Gasteiger partial charge is 0.466 e. The summed E-state index contributed by atoms with van der Waals surface area (Å²) in [6.07, 6.45) is 11.2. The molecule has 0 saturated carbocycles. The SMILES string of the molecule is CCOC(=O)[C@@H](C)CCCCCCn1ccnc1. The van der Waals surface area contributed by atoms with Crippen molar-refractivity contribution >= 4 is 5.97 Å². The smallest absolute Gasteiger partial charge is 0.308 e. The van der Waals surface area contributed by atoms with Crippen LogP contribution in [0.5, 0.6) is 0 Å². The molecule has 102 valence electrons. The second-order valence-corrected chi connectivity index (χ2v) is 4.66. The van der Waals surface area contributed by atoms with Gasteiger partial charge in [-0.05, 0) is 19.8 Å². The standard InChI is InChI=1S/C14H24N2O2/c1-3-18-14(17)13(2)8-6-4-5-7-10-16-11-9-15-12-16/h9,11-13H,3-8,10H2,1-2H3/t13-/m0/s1. The number of esters is 1. The number of carbonyl (C=O) groups excluding carboxylic acids is 1. The number of carbonyl (C=O) groups is 1. The summed E-state index contributed by atoms with van der Waals surface area (Å²) in [7, 11) is 0.